The molecule has 0 aliphatic carbocycles. The Morgan fingerprint density at radius 2 is 1.63 bits per heavy atom. The van der Waals surface area contributed by atoms with E-state index in [2.05, 4.69) is 0 Å². The van der Waals surface area contributed by atoms with Crippen LogP contribution in [0.5, 0.6) is 17.2 Å². The first kappa shape index (κ1) is 19.8. The molecule has 0 saturated carbocycles. The van der Waals surface area contributed by atoms with Gasteiger partial charge in [-0.2, -0.15) is 0 Å². The van der Waals surface area contributed by atoms with Crippen molar-refractivity contribution < 1.29 is 28.8 Å². The summed E-state index contributed by atoms with van der Waals surface area (Å²) in [7, 11) is 4.61. The van der Waals surface area contributed by atoms with Crippen LogP contribution < -0.4 is 14.2 Å². The second kappa shape index (κ2) is 7.56. The van der Waals surface area contributed by atoms with Gasteiger partial charge in [-0.1, -0.05) is 0 Å². The third-order valence-electron chi connectivity index (χ3n) is 5.65. The Labute approximate surface area is 160 Å². The summed E-state index contributed by atoms with van der Waals surface area (Å²) in [6.07, 6.45) is 2.69. The van der Waals surface area contributed by atoms with E-state index in [9.17, 15) is 9.90 Å². The van der Waals surface area contributed by atoms with Crippen LogP contribution >= 0.6 is 0 Å². The first-order chi connectivity index (χ1) is 12.8. The number of amides is 1. The SMILES string of the molecule is COc1cc(OC)c(C(=O)N2CCC3(CC2)CC(C)(O)CCO3)cc1OC. The summed E-state index contributed by atoms with van der Waals surface area (Å²) in [5.74, 6) is 1.35. The lowest BCUT2D eigenvalue weighted by molar-refractivity contribution is -0.170. The van der Waals surface area contributed by atoms with Gasteiger partial charge in [0, 0.05) is 31.6 Å². The Hall–Kier alpha value is -1.99. The Balaban J connectivity index is 1.76. The van der Waals surface area contributed by atoms with E-state index in [1.54, 1.807) is 19.2 Å². The number of methoxy groups -OCH3 is 3. The van der Waals surface area contributed by atoms with Crippen molar-refractivity contribution in [2.24, 2.45) is 0 Å². The van der Waals surface area contributed by atoms with Crippen molar-refractivity contribution in [3.8, 4) is 17.2 Å². The lowest BCUT2D eigenvalue weighted by atomic mass is 9.78. The standard InChI is InChI=1S/C20H29NO6/c1-19(23)7-10-27-20(13-19)5-8-21(9-6-20)18(22)14-11-16(25-3)17(26-4)12-15(14)24-2/h11-12,23H,5-10,13H2,1-4H3. The summed E-state index contributed by atoms with van der Waals surface area (Å²) in [6.45, 7) is 3.58. The number of ether oxygens (including phenoxy) is 4. The highest BCUT2D eigenvalue weighted by Gasteiger charge is 2.45. The van der Waals surface area contributed by atoms with Crippen LogP contribution in [0.15, 0.2) is 12.1 Å². The van der Waals surface area contributed by atoms with E-state index >= 15 is 0 Å². The van der Waals surface area contributed by atoms with E-state index in [1.165, 1.54) is 14.2 Å². The Morgan fingerprint density at radius 1 is 1.04 bits per heavy atom. The average Bonchev–Trinajstić information content (AvgIpc) is 2.66. The summed E-state index contributed by atoms with van der Waals surface area (Å²) < 4.78 is 22.0. The van der Waals surface area contributed by atoms with Crippen LogP contribution in [0.1, 0.15) is 43.0 Å². The van der Waals surface area contributed by atoms with Gasteiger partial charge < -0.3 is 29.0 Å². The summed E-state index contributed by atoms with van der Waals surface area (Å²) in [6, 6.07) is 3.32. The molecule has 1 spiro atoms. The second-order valence-corrected chi connectivity index (χ2v) is 7.65. The monoisotopic (exact) mass is 379 g/mol. The van der Waals surface area contributed by atoms with Crippen molar-refractivity contribution >= 4 is 5.91 Å². The molecule has 27 heavy (non-hydrogen) atoms. The van der Waals surface area contributed by atoms with E-state index in [-0.39, 0.29) is 11.5 Å². The van der Waals surface area contributed by atoms with Crippen LogP contribution in [0, 0.1) is 0 Å². The molecule has 7 nitrogen and oxygen atoms in total. The van der Waals surface area contributed by atoms with Gasteiger partial charge in [-0.3, -0.25) is 4.79 Å². The number of carbonyl (C=O) groups excluding carboxylic acids is 1. The van der Waals surface area contributed by atoms with Gasteiger partial charge in [-0.05, 0) is 26.2 Å². The molecule has 3 rings (SSSR count). The second-order valence-electron chi connectivity index (χ2n) is 7.65. The molecule has 2 heterocycles. The molecule has 1 unspecified atom stereocenters. The quantitative estimate of drug-likeness (QED) is 0.865. The van der Waals surface area contributed by atoms with E-state index in [4.69, 9.17) is 18.9 Å². The minimum absolute atomic E-state index is 0.106. The van der Waals surface area contributed by atoms with E-state index in [0.29, 0.717) is 68.2 Å². The molecule has 150 valence electrons. The molecule has 2 aliphatic heterocycles. The van der Waals surface area contributed by atoms with Gasteiger partial charge in [0.05, 0.1) is 44.7 Å². The van der Waals surface area contributed by atoms with Crippen LogP contribution in [0.2, 0.25) is 0 Å². The largest absolute Gasteiger partial charge is 0.496 e. The number of likely N-dealkylation sites (tertiary alicyclic amines) is 1. The zero-order valence-electron chi connectivity index (χ0n) is 16.5. The number of carbonyl (C=O) groups is 1. The summed E-state index contributed by atoms with van der Waals surface area (Å²) in [5, 5.41) is 10.4. The molecule has 0 bridgehead atoms. The van der Waals surface area contributed by atoms with Crippen molar-refractivity contribution in [1.82, 2.24) is 4.90 Å². The summed E-state index contributed by atoms with van der Waals surface area (Å²) in [5.41, 5.74) is -0.584. The number of aliphatic hydroxyl groups is 1. The molecule has 7 heteroatoms. The van der Waals surface area contributed by atoms with Gasteiger partial charge in [0.25, 0.3) is 5.91 Å². The normalized spacial score (nSPS) is 24.6. The molecule has 2 fully saturated rings. The van der Waals surface area contributed by atoms with Gasteiger partial charge in [-0.25, -0.2) is 0 Å². The lowest BCUT2D eigenvalue weighted by Gasteiger charge is -2.48. The minimum Gasteiger partial charge on any atom is -0.496 e. The first-order valence-corrected chi connectivity index (χ1v) is 9.29. The van der Waals surface area contributed by atoms with E-state index < -0.39 is 5.60 Å². The third kappa shape index (κ3) is 3.99. The van der Waals surface area contributed by atoms with E-state index in [1.807, 2.05) is 11.8 Å². The number of benzene rings is 1. The fraction of sp³-hybridized carbons (Fsp3) is 0.650. The van der Waals surface area contributed by atoms with Crippen molar-refractivity contribution in [1.29, 1.82) is 0 Å². The summed E-state index contributed by atoms with van der Waals surface area (Å²) in [4.78, 5) is 14.9. The fourth-order valence-electron chi connectivity index (χ4n) is 4.13. The van der Waals surface area contributed by atoms with Crippen molar-refractivity contribution in [3.63, 3.8) is 0 Å². The van der Waals surface area contributed by atoms with Crippen molar-refractivity contribution in [2.75, 3.05) is 41.0 Å². The molecule has 2 aliphatic rings. The topological polar surface area (TPSA) is 77.5 Å². The maximum atomic E-state index is 13.1. The maximum Gasteiger partial charge on any atom is 0.257 e. The third-order valence-corrected chi connectivity index (χ3v) is 5.65. The molecule has 0 aromatic heterocycles. The minimum atomic E-state index is -0.697. The number of hydrogen-bond acceptors (Lipinski definition) is 6. The predicted molar refractivity (Wildman–Crippen MR) is 99.8 cm³/mol. The van der Waals surface area contributed by atoms with Crippen molar-refractivity contribution in [2.45, 2.75) is 43.8 Å². The van der Waals surface area contributed by atoms with Gasteiger partial charge in [-0.15, -0.1) is 0 Å². The first-order valence-electron chi connectivity index (χ1n) is 9.29. The summed E-state index contributed by atoms with van der Waals surface area (Å²) >= 11 is 0. The highest BCUT2D eigenvalue weighted by Crippen LogP contribution is 2.40. The highest BCUT2D eigenvalue weighted by atomic mass is 16.5. The zero-order valence-corrected chi connectivity index (χ0v) is 16.5. The van der Waals surface area contributed by atoms with Gasteiger partial charge >= 0.3 is 0 Å². The van der Waals surface area contributed by atoms with Crippen LogP contribution in [0.4, 0.5) is 0 Å². The maximum absolute atomic E-state index is 13.1. The molecule has 1 N–H and O–H groups in total. The Kier molecular flexibility index (Phi) is 5.53. The Morgan fingerprint density at radius 3 is 2.19 bits per heavy atom. The molecule has 1 aromatic rings. The molecule has 1 amide bonds. The van der Waals surface area contributed by atoms with Gasteiger partial charge in [0.15, 0.2) is 11.5 Å². The van der Waals surface area contributed by atoms with Crippen molar-refractivity contribution in [3.05, 3.63) is 17.7 Å². The lowest BCUT2D eigenvalue weighted by Crippen LogP contribution is -2.54. The molecule has 0 radical (unpaired) electrons. The number of piperidine rings is 1. The molecule has 1 aromatic carbocycles. The molecular formula is C20H29NO6. The van der Waals surface area contributed by atoms with Crippen LogP contribution in [-0.2, 0) is 4.74 Å². The highest BCUT2D eigenvalue weighted by molar-refractivity contribution is 5.98. The van der Waals surface area contributed by atoms with Gasteiger partial charge in [0.2, 0.25) is 0 Å². The van der Waals surface area contributed by atoms with Crippen LogP contribution in [0.25, 0.3) is 0 Å². The van der Waals surface area contributed by atoms with Crippen LogP contribution in [0.3, 0.4) is 0 Å². The number of nitrogens with zero attached hydrogens (tertiary/aromatic N) is 1. The average molecular weight is 379 g/mol. The van der Waals surface area contributed by atoms with Crippen LogP contribution in [-0.4, -0.2) is 68.1 Å². The zero-order chi connectivity index (χ0) is 19.7. The predicted octanol–water partition coefficient (Wildman–Crippen LogP) is 2.25. The number of hydrogen-bond donors (Lipinski definition) is 1. The van der Waals surface area contributed by atoms with E-state index in [0.717, 1.165) is 0 Å². The molecular weight excluding hydrogens is 350 g/mol. The fourth-order valence-corrected chi connectivity index (χ4v) is 4.13. The van der Waals surface area contributed by atoms with Gasteiger partial charge in [0.1, 0.15) is 5.75 Å². The Bertz CT molecular complexity index is 694. The molecule has 2 saturated heterocycles. The molecule has 1 atom stereocenters. The smallest absolute Gasteiger partial charge is 0.257 e. The number of rotatable bonds is 4.